The Bertz CT molecular complexity index is 115. The first kappa shape index (κ1) is 7.56. The second-order valence-electron chi connectivity index (χ2n) is 3.89. The quantitative estimate of drug-likeness (QED) is 0.626. The van der Waals surface area contributed by atoms with E-state index in [2.05, 4.69) is 10.6 Å². The lowest BCUT2D eigenvalue weighted by molar-refractivity contribution is 0.359. The predicted octanol–water partition coefficient (Wildman–Crippen LogP) is 0.738. The van der Waals surface area contributed by atoms with Gasteiger partial charge in [-0.25, -0.2) is 0 Å². The summed E-state index contributed by atoms with van der Waals surface area (Å²) in [7, 11) is 0. The first-order valence-electron chi connectivity index (χ1n) is 4.89. The summed E-state index contributed by atoms with van der Waals surface area (Å²) in [5, 5.41) is 7.03. The molecule has 1 atom stereocenters. The summed E-state index contributed by atoms with van der Waals surface area (Å²) < 4.78 is 0. The van der Waals surface area contributed by atoms with Gasteiger partial charge in [0.2, 0.25) is 0 Å². The molecule has 1 aliphatic heterocycles. The van der Waals surface area contributed by atoms with Crippen LogP contribution in [-0.4, -0.2) is 25.7 Å². The molecule has 1 saturated heterocycles. The minimum Gasteiger partial charge on any atom is -0.316 e. The Balaban J connectivity index is 1.59. The molecule has 0 aromatic carbocycles. The van der Waals surface area contributed by atoms with Gasteiger partial charge in [-0.05, 0) is 51.2 Å². The van der Waals surface area contributed by atoms with Crippen molar-refractivity contribution >= 4 is 0 Å². The monoisotopic (exact) mass is 154 g/mol. The maximum atomic E-state index is 3.59. The highest BCUT2D eigenvalue weighted by Gasteiger charge is 2.22. The van der Waals surface area contributed by atoms with E-state index in [1.807, 2.05) is 0 Å². The third-order valence-electron chi connectivity index (χ3n) is 2.67. The average molecular weight is 154 g/mol. The summed E-state index contributed by atoms with van der Waals surface area (Å²) in [5.74, 6) is 0.907. The number of piperidine rings is 1. The number of rotatable bonds is 3. The molecule has 2 nitrogen and oxygen atoms in total. The van der Waals surface area contributed by atoms with Crippen LogP contribution in [0, 0.1) is 5.92 Å². The van der Waals surface area contributed by atoms with Crippen LogP contribution in [0.15, 0.2) is 0 Å². The summed E-state index contributed by atoms with van der Waals surface area (Å²) in [6, 6.07) is 0.886. The molecular weight excluding hydrogens is 136 g/mol. The molecule has 11 heavy (non-hydrogen) atoms. The largest absolute Gasteiger partial charge is 0.316 e. The van der Waals surface area contributed by atoms with E-state index in [9.17, 15) is 0 Å². The molecule has 0 radical (unpaired) electrons. The smallest absolute Gasteiger partial charge is 0.00683 e. The molecular formula is C9H18N2. The number of hydrogen-bond donors (Lipinski definition) is 2. The molecule has 64 valence electrons. The zero-order valence-corrected chi connectivity index (χ0v) is 7.10. The zero-order chi connectivity index (χ0) is 7.52. The number of nitrogens with one attached hydrogen (secondary N) is 2. The van der Waals surface area contributed by atoms with Crippen molar-refractivity contribution < 1.29 is 0 Å². The van der Waals surface area contributed by atoms with Gasteiger partial charge in [0.15, 0.2) is 0 Å². The second-order valence-corrected chi connectivity index (χ2v) is 3.89. The lowest BCUT2D eigenvalue weighted by Crippen LogP contribution is -2.36. The van der Waals surface area contributed by atoms with Crippen molar-refractivity contribution in [3.8, 4) is 0 Å². The van der Waals surface area contributed by atoms with Crippen molar-refractivity contribution in [2.24, 2.45) is 5.92 Å². The maximum Gasteiger partial charge on any atom is 0.00683 e. The van der Waals surface area contributed by atoms with Gasteiger partial charge in [-0.3, -0.25) is 0 Å². The van der Waals surface area contributed by atoms with E-state index in [-0.39, 0.29) is 0 Å². The number of hydrogen-bond acceptors (Lipinski definition) is 2. The van der Waals surface area contributed by atoms with Gasteiger partial charge in [-0.15, -0.1) is 0 Å². The van der Waals surface area contributed by atoms with Crippen LogP contribution in [0.3, 0.4) is 0 Å². The third kappa shape index (κ3) is 2.46. The fraction of sp³-hybridized carbons (Fsp3) is 1.00. The van der Waals surface area contributed by atoms with Gasteiger partial charge in [0, 0.05) is 6.04 Å². The van der Waals surface area contributed by atoms with Crippen molar-refractivity contribution in [3.05, 3.63) is 0 Å². The predicted molar refractivity (Wildman–Crippen MR) is 46.6 cm³/mol. The van der Waals surface area contributed by atoms with Gasteiger partial charge in [-0.2, -0.15) is 0 Å². The molecule has 1 heterocycles. The van der Waals surface area contributed by atoms with Crippen molar-refractivity contribution in [2.75, 3.05) is 19.6 Å². The van der Waals surface area contributed by atoms with Gasteiger partial charge in [-0.1, -0.05) is 0 Å². The van der Waals surface area contributed by atoms with Crippen LogP contribution >= 0.6 is 0 Å². The van der Waals surface area contributed by atoms with Gasteiger partial charge >= 0.3 is 0 Å². The summed E-state index contributed by atoms with van der Waals surface area (Å²) in [4.78, 5) is 0. The van der Waals surface area contributed by atoms with E-state index in [1.54, 1.807) is 0 Å². The summed E-state index contributed by atoms with van der Waals surface area (Å²) in [6.45, 7) is 3.72. The Morgan fingerprint density at radius 1 is 1.27 bits per heavy atom. The summed E-state index contributed by atoms with van der Waals surface area (Å²) in [6.07, 6.45) is 5.63. The molecule has 2 fully saturated rings. The SMILES string of the molecule is C1CNCC(CNC2CC2)C1. The maximum absolute atomic E-state index is 3.59. The Hall–Kier alpha value is -0.0800. The van der Waals surface area contributed by atoms with Crippen LogP contribution < -0.4 is 10.6 Å². The topological polar surface area (TPSA) is 24.1 Å². The van der Waals surface area contributed by atoms with Gasteiger partial charge in [0.05, 0.1) is 0 Å². The Kier molecular flexibility index (Phi) is 2.44. The Morgan fingerprint density at radius 2 is 2.18 bits per heavy atom. The van der Waals surface area contributed by atoms with Crippen molar-refractivity contribution in [3.63, 3.8) is 0 Å². The average Bonchev–Trinajstić information content (AvgIpc) is 2.86. The molecule has 0 spiro atoms. The molecule has 0 amide bonds. The van der Waals surface area contributed by atoms with E-state index < -0.39 is 0 Å². The van der Waals surface area contributed by atoms with E-state index in [0.717, 1.165) is 12.0 Å². The van der Waals surface area contributed by atoms with Crippen molar-refractivity contribution in [1.82, 2.24) is 10.6 Å². The van der Waals surface area contributed by atoms with Gasteiger partial charge < -0.3 is 10.6 Å². The standard InChI is InChI=1S/C9H18N2/c1-2-8(6-10-5-1)7-11-9-3-4-9/h8-11H,1-7H2. The van der Waals surface area contributed by atoms with Crippen LogP contribution in [0.5, 0.6) is 0 Å². The molecule has 0 aromatic heterocycles. The Labute approximate surface area is 68.7 Å². The molecule has 2 heteroatoms. The summed E-state index contributed by atoms with van der Waals surface area (Å²) >= 11 is 0. The van der Waals surface area contributed by atoms with Gasteiger partial charge in [0.1, 0.15) is 0 Å². The highest BCUT2D eigenvalue weighted by Crippen LogP contribution is 2.19. The van der Waals surface area contributed by atoms with Crippen LogP contribution in [0.2, 0.25) is 0 Å². The van der Waals surface area contributed by atoms with Crippen molar-refractivity contribution in [1.29, 1.82) is 0 Å². The van der Waals surface area contributed by atoms with Crippen LogP contribution in [-0.2, 0) is 0 Å². The van der Waals surface area contributed by atoms with E-state index >= 15 is 0 Å². The fourth-order valence-electron chi connectivity index (χ4n) is 1.72. The van der Waals surface area contributed by atoms with E-state index in [4.69, 9.17) is 0 Å². The van der Waals surface area contributed by atoms with Crippen LogP contribution in [0.4, 0.5) is 0 Å². The molecule has 1 saturated carbocycles. The highest BCUT2D eigenvalue weighted by atomic mass is 15.0. The zero-order valence-electron chi connectivity index (χ0n) is 7.10. The van der Waals surface area contributed by atoms with Crippen LogP contribution in [0.25, 0.3) is 0 Å². The molecule has 2 aliphatic rings. The molecule has 0 bridgehead atoms. The van der Waals surface area contributed by atoms with Crippen LogP contribution in [0.1, 0.15) is 25.7 Å². The fourth-order valence-corrected chi connectivity index (χ4v) is 1.72. The minimum atomic E-state index is 0.886. The second kappa shape index (κ2) is 3.55. The minimum absolute atomic E-state index is 0.886. The molecule has 2 N–H and O–H groups in total. The first-order chi connectivity index (χ1) is 5.45. The highest BCUT2D eigenvalue weighted by molar-refractivity contribution is 4.82. The van der Waals surface area contributed by atoms with Gasteiger partial charge in [0.25, 0.3) is 0 Å². The molecule has 1 aliphatic carbocycles. The van der Waals surface area contributed by atoms with E-state index in [0.29, 0.717) is 0 Å². The Morgan fingerprint density at radius 3 is 2.82 bits per heavy atom. The first-order valence-corrected chi connectivity index (χ1v) is 4.89. The van der Waals surface area contributed by atoms with E-state index in [1.165, 1.54) is 45.3 Å². The lowest BCUT2D eigenvalue weighted by atomic mass is 10.00. The molecule has 2 rings (SSSR count). The van der Waals surface area contributed by atoms with Crippen molar-refractivity contribution in [2.45, 2.75) is 31.7 Å². The molecule has 0 aromatic rings. The normalized spacial score (nSPS) is 32.2. The molecule has 1 unspecified atom stereocenters. The summed E-state index contributed by atoms with van der Waals surface area (Å²) in [5.41, 5.74) is 0. The lowest BCUT2D eigenvalue weighted by Gasteiger charge is -2.22. The third-order valence-corrected chi connectivity index (χ3v) is 2.67.